The number of carbonyl (C=O) groups is 1. The number of benzene rings is 2. The molecule has 1 amide bonds. The molecule has 5 aromatic rings. The summed E-state index contributed by atoms with van der Waals surface area (Å²) < 4.78 is 30.8. The number of anilines is 4. The number of imidazole rings is 1. The van der Waals surface area contributed by atoms with Gasteiger partial charge in [-0.3, -0.25) is 9.20 Å². The molecule has 2 aromatic carbocycles. The average Bonchev–Trinajstić information content (AvgIpc) is 3.50. The van der Waals surface area contributed by atoms with Gasteiger partial charge in [0.25, 0.3) is 5.91 Å². The highest BCUT2D eigenvalue weighted by molar-refractivity contribution is 7.14. The van der Waals surface area contributed by atoms with Crippen molar-refractivity contribution in [2.75, 3.05) is 30.5 Å². The second-order valence-electron chi connectivity index (χ2n) is 8.62. The fourth-order valence-corrected chi connectivity index (χ4v) is 4.62. The summed E-state index contributed by atoms with van der Waals surface area (Å²) in [5.74, 6) is -2.01. The van der Waals surface area contributed by atoms with Crippen LogP contribution in [0.15, 0.2) is 66.3 Å². The van der Waals surface area contributed by atoms with Gasteiger partial charge in [-0.05, 0) is 50.5 Å². The quantitative estimate of drug-likeness (QED) is 0.250. The first kappa shape index (κ1) is 24.3. The molecule has 0 saturated heterocycles. The van der Waals surface area contributed by atoms with Crippen molar-refractivity contribution in [2.24, 2.45) is 0 Å². The normalized spacial score (nSPS) is 11.3. The molecule has 0 atom stereocenters. The van der Waals surface area contributed by atoms with Crippen molar-refractivity contribution in [3.05, 3.63) is 89.1 Å². The molecular formula is C26H23F2N7OS. The lowest BCUT2D eigenvalue weighted by Gasteiger charge is -2.10. The molecule has 0 bridgehead atoms. The average molecular weight is 520 g/mol. The Bertz CT molecular complexity index is 1590. The van der Waals surface area contributed by atoms with E-state index < -0.39 is 17.5 Å². The maximum Gasteiger partial charge on any atom is 0.255 e. The van der Waals surface area contributed by atoms with Crippen molar-refractivity contribution < 1.29 is 13.6 Å². The van der Waals surface area contributed by atoms with Crippen molar-refractivity contribution in [3.63, 3.8) is 0 Å². The maximum atomic E-state index is 14.8. The van der Waals surface area contributed by atoms with Crippen LogP contribution >= 0.6 is 11.3 Å². The van der Waals surface area contributed by atoms with Crippen LogP contribution in [0, 0.1) is 11.6 Å². The molecule has 0 spiro atoms. The van der Waals surface area contributed by atoms with Gasteiger partial charge < -0.3 is 21.3 Å². The highest BCUT2D eigenvalue weighted by atomic mass is 32.1. The summed E-state index contributed by atoms with van der Waals surface area (Å²) in [5, 5.41) is 7.69. The van der Waals surface area contributed by atoms with Gasteiger partial charge in [-0.25, -0.2) is 18.7 Å². The number of amides is 1. The van der Waals surface area contributed by atoms with E-state index in [2.05, 4.69) is 25.5 Å². The number of aromatic nitrogens is 3. The number of nitrogens with two attached hydrogens (primary N) is 1. The molecule has 0 saturated carbocycles. The highest BCUT2D eigenvalue weighted by Gasteiger charge is 2.16. The van der Waals surface area contributed by atoms with E-state index in [1.807, 2.05) is 42.2 Å². The summed E-state index contributed by atoms with van der Waals surface area (Å²) in [6.07, 6.45) is 3.70. The summed E-state index contributed by atoms with van der Waals surface area (Å²) in [4.78, 5) is 23.8. The van der Waals surface area contributed by atoms with E-state index in [1.165, 1.54) is 41.7 Å². The van der Waals surface area contributed by atoms with Gasteiger partial charge in [0.15, 0.2) is 5.13 Å². The number of halogens is 2. The Labute approximate surface area is 215 Å². The van der Waals surface area contributed by atoms with Crippen LogP contribution in [0.1, 0.15) is 15.9 Å². The third kappa shape index (κ3) is 4.99. The third-order valence-corrected chi connectivity index (χ3v) is 6.38. The first-order valence-corrected chi connectivity index (χ1v) is 12.2. The molecule has 4 N–H and O–H groups in total. The molecule has 0 aliphatic carbocycles. The number of hydrogen-bond donors (Lipinski definition) is 3. The van der Waals surface area contributed by atoms with E-state index in [4.69, 9.17) is 5.73 Å². The number of para-hydroxylation sites is 1. The number of nitrogens with zero attached hydrogens (tertiary/aromatic N) is 4. The van der Waals surface area contributed by atoms with Gasteiger partial charge in [0, 0.05) is 29.2 Å². The maximum absolute atomic E-state index is 14.8. The molecule has 0 fully saturated rings. The molecular weight excluding hydrogens is 496 g/mol. The molecule has 3 heterocycles. The van der Waals surface area contributed by atoms with Gasteiger partial charge in [0.05, 0.1) is 23.3 Å². The van der Waals surface area contributed by atoms with Crippen molar-refractivity contribution in [2.45, 2.75) is 6.54 Å². The molecule has 0 unspecified atom stereocenters. The molecule has 0 radical (unpaired) electrons. The van der Waals surface area contributed by atoms with Gasteiger partial charge >= 0.3 is 0 Å². The second kappa shape index (κ2) is 9.96. The second-order valence-corrected chi connectivity index (χ2v) is 9.48. The van der Waals surface area contributed by atoms with Crippen LogP contribution in [-0.4, -0.2) is 39.3 Å². The number of nitrogens with one attached hydrogen (secondary N) is 2. The highest BCUT2D eigenvalue weighted by Crippen LogP contribution is 2.30. The van der Waals surface area contributed by atoms with Gasteiger partial charge in [0.2, 0.25) is 0 Å². The van der Waals surface area contributed by atoms with Gasteiger partial charge in [0.1, 0.15) is 28.7 Å². The first-order chi connectivity index (χ1) is 17.8. The van der Waals surface area contributed by atoms with Crippen LogP contribution in [0.3, 0.4) is 0 Å². The summed E-state index contributed by atoms with van der Waals surface area (Å²) in [6, 6.07) is 12.0. The Kier molecular flexibility index (Phi) is 6.55. The smallest absolute Gasteiger partial charge is 0.255 e. The Hall–Kier alpha value is -4.35. The minimum Gasteiger partial charge on any atom is -0.397 e. The fraction of sp³-hybridized carbons (Fsp3) is 0.115. The fourth-order valence-electron chi connectivity index (χ4n) is 3.90. The molecule has 0 aliphatic heterocycles. The van der Waals surface area contributed by atoms with Crippen molar-refractivity contribution >= 4 is 45.1 Å². The Morgan fingerprint density at radius 3 is 2.73 bits per heavy atom. The predicted octanol–water partition coefficient (Wildman–Crippen LogP) is 5.38. The number of carbonyl (C=O) groups excluding carboxylic acids is 1. The molecule has 11 heteroatoms. The molecule has 37 heavy (non-hydrogen) atoms. The monoisotopic (exact) mass is 519 g/mol. The molecule has 0 aliphatic rings. The van der Waals surface area contributed by atoms with Crippen LogP contribution in [0.5, 0.6) is 0 Å². The lowest BCUT2D eigenvalue weighted by Crippen LogP contribution is -2.15. The Morgan fingerprint density at radius 2 is 1.97 bits per heavy atom. The number of pyridine rings is 1. The van der Waals surface area contributed by atoms with E-state index in [0.717, 1.165) is 29.5 Å². The van der Waals surface area contributed by atoms with Crippen molar-refractivity contribution in [3.8, 4) is 11.4 Å². The zero-order valence-electron chi connectivity index (χ0n) is 20.0. The number of rotatable bonds is 7. The van der Waals surface area contributed by atoms with Crippen LogP contribution in [-0.2, 0) is 6.54 Å². The summed E-state index contributed by atoms with van der Waals surface area (Å²) in [5.41, 5.74) is 9.29. The molecule has 188 valence electrons. The summed E-state index contributed by atoms with van der Waals surface area (Å²) in [6.45, 7) is 0.756. The van der Waals surface area contributed by atoms with Gasteiger partial charge in [-0.2, -0.15) is 0 Å². The van der Waals surface area contributed by atoms with E-state index in [-0.39, 0.29) is 22.6 Å². The zero-order chi connectivity index (χ0) is 26.1. The minimum absolute atomic E-state index is 0.0183. The van der Waals surface area contributed by atoms with E-state index in [1.54, 1.807) is 6.20 Å². The Balaban J connectivity index is 1.34. The SMILES string of the molecule is CN(C)Cc1cccn2c(-c3csc(Nc4ccc(C(=O)Nc5c(N)cccc5F)cc4F)n3)cnc12. The first-order valence-electron chi connectivity index (χ1n) is 11.3. The number of hydrogen-bond acceptors (Lipinski definition) is 7. The van der Waals surface area contributed by atoms with Crippen LogP contribution in [0.25, 0.3) is 17.0 Å². The standard InChI is InChI=1S/C26H23F2N7OS/c1-34(2)13-16-5-4-10-35-22(12-30-24(16)35)21-14-37-26(32-21)31-20-9-8-15(11-18(20)28)25(36)33-23-17(27)6-3-7-19(23)29/h3-12,14H,13,29H2,1-2H3,(H,31,32)(H,33,36). The Morgan fingerprint density at radius 1 is 1.14 bits per heavy atom. The van der Waals surface area contributed by atoms with E-state index in [0.29, 0.717) is 10.8 Å². The van der Waals surface area contributed by atoms with Crippen molar-refractivity contribution in [1.29, 1.82) is 0 Å². The minimum atomic E-state index is -0.681. The van der Waals surface area contributed by atoms with E-state index in [9.17, 15) is 13.6 Å². The summed E-state index contributed by atoms with van der Waals surface area (Å²) in [7, 11) is 4.01. The van der Waals surface area contributed by atoms with E-state index >= 15 is 0 Å². The topological polar surface area (TPSA) is 101 Å². The molecule has 5 rings (SSSR count). The number of nitrogen functional groups attached to an aromatic ring is 1. The van der Waals surface area contributed by atoms with Crippen molar-refractivity contribution in [1.82, 2.24) is 19.3 Å². The number of fused-ring (bicyclic) bond motifs is 1. The zero-order valence-corrected chi connectivity index (χ0v) is 20.8. The number of thiazole rings is 1. The largest absolute Gasteiger partial charge is 0.397 e. The van der Waals surface area contributed by atoms with Crippen LogP contribution < -0.4 is 16.4 Å². The molecule has 8 nitrogen and oxygen atoms in total. The summed E-state index contributed by atoms with van der Waals surface area (Å²) >= 11 is 1.32. The van der Waals surface area contributed by atoms with Crippen LogP contribution in [0.2, 0.25) is 0 Å². The van der Waals surface area contributed by atoms with Gasteiger partial charge in [-0.1, -0.05) is 12.1 Å². The predicted molar refractivity (Wildman–Crippen MR) is 142 cm³/mol. The van der Waals surface area contributed by atoms with Crippen LogP contribution in [0.4, 0.5) is 31.0 Å². The lowest BCUT2D eigenvalue weighted by molar-refractivity contribution is 0.102. The van der Waals surface area contributed by atoms with Gasteiger partial charge in [-0.15, -0.1) is 11.3 Å². The lowest BCUT2D eigenvalue weighted by atomic mass is 10.1. The molecule has 3 aromatic heterocycles. The third-order valence-electron chi connectivity index (χ3n) is 5.63.